The summed E-state index contributed by atoms with van der Waals surface area (Å²) in [5.74, 6) is 0.255. The molecule has 1 fully saturated rings. The van der Waals surface area contributed by atoms with Gasteiger partial charge >= 0.3 is 0 Å². The highest BCUT2D eigenvalue weighted by molar-refractivity contribution is 5.29. The summed E-state index contributed by atoms with van der Waals surface area (Å²) < 4.78 is 12.7. The van der Waals surface area contributed by atoms with Crippen LogP contribution in [0.15, 0.2) is 12.4 Å². The second-order valence-corrected chi connectivity index (χ2v) is 4.38. The van der Waals surface area contributed by atoms with Crippen LogP contribution in [0.5, 0.6) is 0 Å². The van der Waals surface area contributed by atoms with Gasteiger partial charge in [-0.05, 0) is 26.9 Å². The third kappa shape index (κ3) is 2.47. The maximum atomic E-state index is 12.7. The van der Waals surface area contributed by atoms with Gasteiger partial charge in [-0.2, -0.15) is 0 Å². The number of aromatic nitrogens is 2. The molecule has 0 spiro atoms. The van der Waals surface area contributed by atoms with Crippen molar-refractivity contribution in [3.63, 3.8) is 0 Å². The van der Waals surface area contributed by atoms with Crippen LogP contribution in [0, 0.1) is 5.82 Å². The molecule has 1 aliphatic rings. The lowest BCUT2D eigenvalue weighted by atomic mass is 10.0. The van der Waals surface area contributed by atoms with Gasteiger partial charge in [0, 0.05) is 19.1 Å². The van der Waals surface area contributed by atoms with Crippen LogP contribution in [0.25, 0.3) is 0 Å². The van der Waals surface area contributed by atoms with Gasteiger partial charge in [0.25, 0.3) is 0 Å². The Bertz CT molecular complexity index is 330. The number of hydrogen-bond donors (Lipinski definition) is 0. The average molecular weight is 224 g/mol. The monoisotopic (exact) mass is 224 g/mol. The zero-order valence-electron chi connectivity index (χ0n) is 9.73. The molecule has 0 radical (unpaired) electrons. The standard InChI is InChI=1S/C11H17FN4/c1-15(2)10-3-5-16(6-4-10)11-13-7-9(12)8-14-11/h7-8,10H,3-6H2,1-2H3. The third-order valence-corrected chi connectivity index (χ3v) is 3.08. The Labute approximate surface area is 95.1 Å². The van der Waals surface area contributed by atoms with Crippen molar-refractivity contribution in [2.75, 3.05) is 32.1 Å². The van der Waals surface area contributed by atoms with Crippen LogP contribution in [-0.2, 0) is 0 Å². The first-order valence-corrected chi connectivity index (χ1v) is 5.56. The van der Waals surface area contributed by atoms with Crippen molar-refractivity contribution < 1.29 is 4.39 Å². The molecule has 0 aliphatic carbocycles. The van der Waals surface area contributed by atoms with E-state index < -0.39 is 0 Å². The molecule has 0 saturated carbocycles. The van der Waals surface area contributed by atoms with E-state index in [1.54, 1.807) is 0 Å². The summed E-state index contributed by atoms with van der Waals surface area (Å²) in [7, 11) is 4.21. The topological polar surface area (TPSA) is 32.3 Å². The number of rotatable bonds is 2. The van der Waals surface area contributed by atoms with Gasteiger partial charge in [0.15, 0.2) is 5.82 Å². The van der Waals surface area contributed by atoms with E-state index in [9.17, 15) is 4.39 Å². The summed E-state index contributed by atoms with van der Waals surface area (Å²) in [5, 5.41) is 0. The minimum absolute atomic E-state index is 0.382. The van der Waals surface area contributed by atoms with Gasteiger partial charge < -0.3 is 9.80 Å². The van der Waals surface area contributed by atoms with Crippen molar-refractivity contribution in [3.05, 3.63) is 18.2 Å². The highest BCUT2D eigenvalue weighted by Crippen LogP contribution is 2.17. The molecule has 1 aromatic heterocycles. The van der Waals surface area contributed by atoms with E-state index in [0.717, 1.165) is 25.9 Å². The third-order valence-electron chi connectivity index (χ3n) is 3.08. The van der Waals surface area contributed by atoms with Crippen molar-refractivity contribution in [3.8, 4) is 0 Å². The van der Waals surface area contributed by atoms with E-state index in [1.807, 2.05) is 0 Å². The molecular formula is C11H17FN4. The first kappa shape index (κ1) is 11.3. The Kier molecular flexibility index (Phi) is 3.33. The first-order chi connectivity index (χ1) is 7.66. The lowest BCUT2D eigenvalue weighted by Gasteiger charge is -2.35. The summed E-state index contributed by atoms with van der Waals surface area (Å²) >= 11 is 0. The van der Waals surface area contributed by atoms with Gasteiger partial charge in [0.1, 0.15) is 0 Å². The fraction of sp³-hybridized carbons (Fsp3) is 0.636. The summed E-state index contributed by atoms with van der Waals surface area (Å²) in [5.41, 5.74) is 0. The van der Waals surface area contributed by atoms with Crippen molar-refractivity contribution >= 4 is 5.95 Å². The van der Waals surface area contributed by atoms with Crippen molar-refractivity contribution in [2.24, 2.45) is 0 Å². The van der Waals surface area contributed by atoms with Crippen LogP contribution in [0.3, 0.4) is 0 Å². The molecule has 1 aliphatic heterocycles. The summed E-state index contributed by atoms with van der Waals surface area (Å²) in [6.07, 6.45) is 4.65. The van der Waals surface area contributed by atoms with Gasteiger partial charge in [-0.3, -0.25) is 0 Å². The van der Waals surface area contributed by atoms with Gasteiger partial charge in [0.2, 0.25) is 5.95 Å². The number of piperidine rings is 1. The number of anilines is 1. The normalized spacial score (nSPS) is 18.1. The van der Waals surface area contributed by atoms with Crippen LogP contribution in [0.2, 0.25) is 0 Å². The lowest BCUT2D eigenvalue weighted by Crippen LogP contribution is -2.42. The average Bonchev–Trinajstić information content (AvgIpc) is 2.30. The molecule has 0 unspecified atom stereocenters. The smallest absolute Gasteiger partial charge is 0.225 e. The van der Waals surface area contributed by atoms with E-state index in [1.165, 1.54) is 12.4 Å². The quantitative estimate of drug-likeness (QED) is 0.754. The number of nitrogens with zero attached hydrogens (tertiary/aromatic N) is 4. The zero-order chi connectivity index (χ0) is 11.5. The van der Waals surface area contributed by atoms with Crippen molar-refractivity contribution in [2.45, 2.75) is 18.9 Å². The predicted octanol–water partition coefficient (Wildman–Crippen LogP) is 1.15. The van der Waals surface area contributed by atoms with Gasteiger partial charge in [-0.1, -0.05) is 0 Å². The lowest BCUT2D eigenvalue weighted by molar-refractivity contribution is 0.249. The largest absolute Gasteiger partial charge is 0.341 e. The Hall–Kier alpha value is -1.23. The van der Waals surface area contributed by atoms with E-state index in [2.05, 4.69) is 33.9 Å². The van der Waals surface area contributed by atoms with Gasteiger partial charge in [-0.15, -0.1) is 0 Å². The maximum Gasteiger partial charge on any atom is 0.225 e. The number of halogens is 1. The van der Waals surface area contributed by atoms with Crippen LogP contribution < -0.4 is 4.90 Å². The fourth-order valence-electron chi connectivity index (χ4n) is 2.05. The zero-order valence-corrected chi connectivity index (χ0v) is 9.73. The minimum Gasteiger partial charge on any atom is -0.341 e. The van der Waals surface area contributed by atoms with E-state index in [0.29, 0.717) is 12.0 Å². The molecule has 0 N–H and O–H groups in total. The van der Waals surface area contributed by atoms with Gasteiger partial charge in [-0.25, -0.2) is 14.4 Å². The van der Waals surface area contributed by atoms with Crippen LogP contribution >= 0.6 is 0 Å². The summed E-state index contributed by atoms with van der Waals surface area (Å²) in [6.45, 7) is 1.88. The molecule has 0 aromatic carbocycles. The molecule has 5 heteroatoms. The second kappa shape index (κ2) is 4.74. The van der Waals surface area contributed by atoms with Crippen molar-refractivity contribution in [1.29, 1.82) is 0 Å². The summed E-state index contributed by atoms with van der Waals surface area (Å²) in [4.78, 5) is 12.4. The first-order valence-electron chi connectivity index (χ1n) is 5.56. The molecule has 1 aromatic rings. The molecule has 0 atom stereocenters. The molecule has 0 bridgehead atoms. The Morgan fingerprint density at radius 2 is 1.81 bits per heavy atom. The van der Waals surface area contributed by atoms with E-state index in [-0.39, 0.29) is 5.82 Å². The summed E-state index contributed by atoms with van der Waals surface area (Å²) in [6, 6.07) is 0.636. The molecule has 88 valence electrons. The van der Waals surface area contributed by atoms with Gasteiger partial charge in [0.05, 0.1) is 12.4 Å². The predicted molar refractivity (Wildman–Crippen MR) is 60.9 cm³/mol. The highest BCUT2D eigenvalue weighted by atomic mass is 19.1. The SMILES string of the molecule is CN(C)C1CCN(c2ncc(F)cn2)CC1. The van der Waals surface area contributed by atoms with E-state index in [4.69, 9.17) is 0 Å². The molecule has 2 rings (SSSR count). The van der Waals surface area contributed by atoms with Crippen LogP contribution in [-0.4, -0.2) is 48.1 Å². The minimum atomic E-state index is -0.382. The molecule has 16 heavy (non-hydrogen) atoms. The second-order valence-electron chi connectivity index (χ2n) is 4.38. The Morgan fingerprint density at radius 1 is 1.25 bits per heavy atom. The van der Waals surface area contributed by atoms with Crippen molar-refractivity contribution in [1.82, 2.24) is 14.9 Å². The fourth-order valence-corrected chi connectivity index (χ4v) is 2.05. The maximum absolute atomic E-state index is 12.7. The molecule has 2 heterocycles. The molecule has 4 nitrogen and oxygen atoms in total. The Balaban J connectivity index is 1.96. The van der Waals surface area contributed by atoms with E-state index >= 15 is 0 Å². The van der Waals surface area contributed by atoms with Crippen LogP contribution in [0.4, 0.5) is 10.3 Å². The molecular weight excluding hydrogens is 207 g/mol. The molecule has 1 saturated heterocycles. The van der Waals surface area contributed by atoms with Crippen LogP contribution in [0.1, 0.15) is 12.8 Å². The number of hydrogen-bond acceptors (Lipinski definition) is 4. The highest BCUT2D eigenvalue weighted by Gasteiger charge is 2.21. The molecule has 0 amide bonds. The Morgan fingerprint density at radius 3 is 2.31 bits per heavy atom.